The number of thioether (sulfide) groups is 1. The molecule has 3 aromatic rings. The van der Waals surface area contributed by atoms with Gasteiger partial charge in [-0.05, 0) is 32.2 Å². The first-order chi connectivity index (χ1) is 11.1. The molecule has 0 bridgehead atoms. The predicted octanol–water partition coefficient (Wildman–Crippen LogP) is 4.28. The van der Waals surface area contributed by atoms with Gasteiger partial charge in [0.15, 0.2) is 0 Å². The van der Waals surface area contributed by atoms with Crippen molar-refractivity contribution in [1.29, 1.82) is 5.26 Å². The second-order valence-electron chi connectivity index (χ2n) is 4.94. The monoisotopic (exact) mass is 342 g/mol. The van der Waals surface area contributed by atoms with Crippen molar-refractivity contribution in [3.05, 3.63) is 46.0 Å². The normalized spacial score (nSPS) is 10.7. The zero-order valence-electron chi connectivity index (χ0n) is 13.0. The Balaban J connectivity index is 1.83. The number of hydrogen-bond acceptors (Lipinski definition) is 7. The lowest BCUT2D eigenvalue weighted by Crippen LogP contribution is -1.99. The highest BCUT2D eigenvalue weighted by Gasteiger charge is 2.15. The van der Waals surface area contributed by atoms with Crippen molar-refractivity contribution in [3.8, 4) is 16.8 Å². The Labute approximate surface area is 142 Å². The van der Waals surface area contributed by atoms with Gasteiger partial charge < -0.3 is 4.42 Å². The van der Waals surface area contributed by atoms with E-state index in [1.165, 1.54) is 11.8 Å². The van der Waals surface area contributed by atoms with E-state index in [2.05, 4.69) is 21.0 Å². The van der Waals surface area contributed by atoms with Crippen molar-refractivity contribution >= 4 is 23.1 Å². The highest BCUT2D eigenvalue weighted by Crippen LogP contribution is 2.30. The van der Waals surface area contributed by atoms with E-state index >= 15 is 0 Å². The maximum atomic E-state index is 9.29. The van der Waals surface area contributed by atoms with Crippen molar-refractivity contribution in [2.75, 3.05) is 0 Å². The zero-order valence-corrected chi connectivity index (χ0v) is 14.6. The van der Waals surface area contributed by atoms with Gasteiger partial charge in [0.1, 0.15) is 28.2 Å². The minimum Gasteiger partial charge on any atom is -0.440 e. The van der Waals surface area contributed by atoms with Gasteiger partial charge in [0.05, 0.1) is 16.3 Å². The van der Waals surface area contributed by atoms with Crippen LogP contribution in [0.3, 0.4) is 0 Å². The molecule has 0 unspecified atom stereocenters. The topological polar surface area (TPSA) is 75.6 Å². The average molecular weight is 342 g/mol. The van der Waals surface area contributed by atoms with Crippen LogP contribution in [0.4, 0.5) is 0 Å². The van der Waals surface area contributed by atoms with Crippen LogP contribution >= 0.6 is 23.1 Å². The fourth-order valence-electron chi connectivity index (χ4n) is 2.12. The molecule has 0 aliphatic rings. The maximum absolute atomic E-state index is 9.29. The van der Waals surface area contributed by atoms with Crippen molar-refractivity contribution in [2.45, 2.75) is 31.6 Å². The van der Waals surface area contributed by atoms with E-state index in [0.29, 0.717) is 33.8 Å². The van der Waals surface area contributed by atoms with Gasteiger partial charge in [0, 0.05) is 5.75 Å². The minimum absolute atomic E-state index is 0.528. The van der Waals surface area contributed by atoms with Crippen LogP contribution in [0.1, 0.15) is 28.5 Å². The smallest absolute Gasteiger partial charge is 0.236 e. The number of thiophene rings is 1. The van der Waals surface area contributed by atoms with Crippen LogP contribution in [0.5, 0.6) is 0 Å². The van der Waals surface area contributed by atoms with Gasteiger partial charge in [-0.15, -0.1) is 11.3 Å². The van der Waals surface area contributed by atoms with Crippen LogP contribution in [-0.4, -0.2) is 15.0 Å². The molecule has 116 valence electrons. The number of oxazole rings is 1. The molecule has 0 N–H and O–H groups in total. The van der Waals surface area contributed by atoms with E-state index < -0.39 is 0 Å². The van der Waals surface area contributed by atoms with Gasteiger partial charge in [0.25, 0.3) is 0 Å². The van der Waals surface area contributed by atoms with Crippen molar-refractivity contribution in [2.24, 2.45) is 0 Å². The van der Waals surface area contributed by atoms with Crippen LogP contribution in [0, 0.1) is 32.1 Å². The number of nitriles is 1. The first-order valence-corrected chi connectivity index (χ1v) is 8.83. The highest BCUT2D eigenvalue weighted by atomic mass is 32.2. The fourth-order valence-corrected chi connectivity index (χ4v) is 3.84. The van der Waals surface area contributed by atoms with Crippen LogP contribution in [0.25, 0.3) is 10.8 Å². The van der Waals surface area contributed by atoms with Gasteiger partial charge in [-0.25, -0.2) is 15.0 Å². The largest absolute Gasteiger partial charge is 0.440 e. The molecule has 3 rings (SSSR count). The molecule has 0 saturated carbocycles. The van der Waals surface area contributed by atoms with Crippen LogP contribution < -0.4 is 0 Å². The summed E-state index contributed by atoms with van der Waals surface area (Å²) >= 11 is 3.08. The van der Waals surface area contributed by atoms with Crippen LogP contribution in [0.2, 0.25) is 0 Å². The van der Waals surface area contributed by atoms with Crippen molar-refractivity contribution in [3.63, 3.8) is 0 Å². The minimum atomic E-state index is 0.528. The summed E-state index contributed by atoms with van der Waals surface area (Å²) in [5.74, 6) is 2.70. The Hall–Kier alpha value is -2.17. The molecule has 0 aliphatic carbocycles. The second kappa shape index (κ2) is 6.52. The summed E-state index contributed by atoms with van der Waals surface area (Å²) in [6, 6.07) is 6.14. The molecule has 7 heteroatoms. The molecule has 5 nitrogen and oxygen atoms in total. The van der Waals surface area contributed by atoms with Crippen LogP contribution in [0.15, 0.2) is 27.0 Å². The second-order valence-corrected chi connectivity index (χ2v) is 6.85. The van der Waals surface area contributed by atoms with Crippen molar-refractivity contribution in [1.82, 2.24) is 15.0 Å². The lowest BCUT2D eigenvalue weighted by Gasteiger charge is -2.05. The lowest BCUT2D eigenvalue weighted by atomic mass is 10.3. The van der Waals surface area contributed by atoms with E-state index in [1.54, 1.807) is 11.3 Å². The molecule has 0 spiro atoms. The number of hydrogen-bond donors (Lipinski definition) is 0. The van der Waals surface area contributed by atoms with E-state index in [9.17, 15) is 5.26 Å². The molecule has 0 aliphatic heterocycles. The third kappa shape index (κ3) is 3.28. The molecule has 0 amide bonds. The Morgan fingerprint density at radius 1 is 1.26 bits per heavy atom. The van der Waals surface area contributed by atoms with Crippen molar-refractivity contribution < 1.29 is 4.42 Å². The summed E-state index contributed by atoms with van der Waals surface area (Å²) in [7, 11) is 0. The molecule has 0 aromatic carbocycles. The SMILES string of the molecule is Cc1nc(C)c(C#N)c(SCc2nc(-c3cccs3)oc2C)n1. The Bertz CT molecular complexity index is 878. The lowest BCUT2D eigenvalue weighted by molar-refractivity contribution is 0.542. The Kier molecular flexibility index (Phi) is 4.46. The quantitative estimate of drug-likeness (QED) is 0.520. The standard InChI is InChI=1S/C16H14N4OS2/c1-9-12(7-17)16(19-11(3)18-9)23-8-13-10(2)21-15(20-13)14-5-4-6-22-14/h4-6H,8H2,1-3H3. The summed E-state index contributed by atoms with van der Waals surface area (Å²) in [4.78, 5) is 14.2. The summed E-state index contributed by atoms with van der Waals surface area (Å²) < 4.78 is 5.74. The Morgan fingerprint density at radius 3 is 2.78 bits per heavy atom. The fraction of sp³-hybridized carbons (Fsp3) is 0.250. The first-order valence-electron chi connectivity index (χ1n) is 6.97. The van der Waals surface area contributed by atoms with E-state index in [1.807, 2.05) is 38.3 Å². The van der Waals surface area contributed by atoms with E-state index in [0.717, 1.165) is 16.3 Å². The van der Waals surface area contributed by atoms with E-state index in [4.69, 9.17) is 4.42 Å². The zero-order chi connectivity index (χ0) is 16.4. The van der Waals surface area contributed by atoms with Gasteiger partial charge in [-0.1, -0.05) is 17.8 Å². The third-order valence-electron chi connectivity index (χ3n) is 3.25. The van der Waals surface area contributed by atoms with Gasteiger partial charge in [-0.3, -0.25) is 0 Å². The predicted molar refractivity (Wildman–Crippen MR) is 90.3 cm³/mol. The summed E-state index contributed by atoms with van der Waals surface area (Å²) in [6.45, 7) is 5.56. The molecular weight excluding hydrogens is 328 g/mol. The summed E-state index contributed by atoms with van der Waals surface area (Å²) in [5.41, 5.74) is 2.11. The third-order valence-corrected chi connectivity index (χ3v) is 5.10. The highest BCUT2D eigenvalue weighted by molar-refractivity contribution is 7.98. The number of aromatic nitrogens is 3. The number of aryl methyl sites for hydroxylation is 3. The van der Waals surface area contributed by atoms with Gasteiger partial charge in [0.2, 0.25) is 5.89 Å². The number of nitrogens with zero attached hydrogens (tertiary/aromatic N) is 4. The summed E-state index contributed by atoms with van der Waals surface area (Å²) in [6.07, 6.45) is 0. The molecule has 3 heterocycles. The Morgan fingerprint density at radius 2 is 2.09 bits per heavy atom. The number of rotatable bonds is 4. The maximum Gasteiger partial charge on any atom is 0.236 e. The molecular formula is C16H14N4OS2. The molecule has 0 fully saturated rings. The molecule has 23 heavy (non-hydrogen) atoms. The molecule has 0 radical (unpaired) electrons. The average Bonchev–Trinajstić information content (AvgIpc) is 3.14. The summed E-state index contributed by atoms with van der Waals surface area (Å²) in [5, 5.41) is 12.0. The van der Waals surface area contributed by atoms with Gasteiger partial charge >= 0.3 is 0 Å². The van der Waals surface area contributed by atoms with Gasteiger partial charge in [-0.2, -0.15) is 5.26 Å². The molecule has 3 aromatic heterocycles. The van der Waals surface area contributed by atoms with Crippen LogP contribution in [-0.2, 0) is 5.75 Å². The molecule has 0 atom stereocenters. The van der Waals surface area contributed by atoms with E-state index in [-0.39, 0.29) is 0 Å². The first kappa shape index (κ1) is 15.7. The molecule has 0 saturated heterocycles.